The molecule has 2 heterocycles. The molecule has 1 aliphatic rings. The number of benzene rings is 10. The molecule has 13 rings (SSSR count). The topological polar surface area (TPSA) is 21.3 Å². The van der Waals surface area contributed by atoms with Gasteiger partial charge in [-0.1, -0.05) is 166 Å². The molecule has 1 aliphatic carbocycles. The Labute approximate surface area is 371 Å². The number of rotatable bonds is 6. The summed E-state index contributed by atoms with van der Waals surface area (Å²) in [7, 11) is 0. The van der Waals surface area contributed by atoms with Gasteiger partial charge in [-0.25, -0.2) is 0 Å². The molecule has 0 unspecified atom stereocenters. The number of nitrogens with zero attached hydrogens (tertiary/aromatic N) is 2. The third-order valence-electron chi connectivity index (χ3n) is 13.8. The van der Waals surface area contributed by atoms with Gasteiger partial charge in [0.1, 0.15) is 5.58 Å². The fourth-order valence-corrected chi connectivity index (χ4v) is 10.7. The van der Waals surface area contributed by atoms with Crippen molar-refractivity contribution in [3.8, 4) is 39.1 Å². The molecular weight excluding hydrogens is 777 g/mol. The highest BCUT2D eigenvalue weighted by Crippen LogP contribution is 2.53. The number of hydrogen-bond donors (Lipinski definition) is 0. The first kappa shape index (κ1) is 36.5. The van der Waals surface area contributed by atoms with Crippen molar-refractivity contribution in [2.45, 2.75) is 19.3 Å². The molecule has 64 heavy (non-hydrogen) atoms. The second kappa shape index (κ2) is 13.9. The van der Waals surface area contributed by atoms with Crippen molar-refractivity contribution in [3.05, 3.63) is 230 Å². The van der Waals surface area contributed by atoms with Crippen LogP contribution in [0.25, 0.3) is 93.6 Å². The Bertz CT molecular complexity index is 3820. The lowest BCUT2D eigenvalue weighted by Gasteiger charge is -2.29. The van der Waals surface area contributed by atoms with Crippen molar-refractivity contribution >= 4 is 71.6 Å². The van der Waals surface area contributed by atoms with Crippen LogP contribution in [-0.2, 0) is 5.41 Å². The largest absolute Gasteiger partial charge is 0.454 e. The fraction of sp³-hybridized carbons (Fsp3) is 0.0492. The molecule has 0 fully saturated rings. The zero-order valence-corrected chi connectivity index (χ0v) is 35.6. The van der Waals surface area contributed by atoms with E-state index in [1.807, 2.05) is 0 Å². The molecule has 0 spiro atoms. The smallest absolute Gasteiger partial charge is 0.159 e. The number of hydrogen-bond acceptors (Lipinski definition) is 2. The molecule has 0 amide bonds. The molecule has 12 aromatic rings. The van der Waals surface area contributed by atoms with E-state index < -0.39 is 0 Å². The van der Waals surface area contributed by atoms with Crippen molar-refractivity contribution in [3.63, 3.8) is 0 Å². The van der Waals surface area contributed by atoms with Crippen LogP contribution in [0.4, 0.5) is 17.1 Å². The lowest BCUT2D eigenvalue weighted by atomic mass is 9.81. The van der Waals surface area contributed by atoms with Gasteiger partial charge in [-0.15, -0.1) is 0 Å². The number of para-hydroxylation sites is 4. The van der Waals surface area contributed by atoms with Gasteiger partial charge >= 0.3 is 0 Å². The zero-order chi connectivity index (χ0) is 42.5. The standard InChI is InChI=1S/C61H42N2O/c1-61(2)53-37-40(39-16-5-3-6-17-39)28-31-46(53)47-32-30-43(38-54(47)61)63(58-26-15-24-51-50-23-12-14-27-59(50)64-60(51)58)56-35-33-44(45-20-9-10-21-48(45)56)41-29-34-57-52(36-41)49-22-11-13-25-55(49)62(57)42-18-7-4-8-19-42/h3-38H,1-2H3. The Kier molecular flexibility index (Phi) is 7.95. The predicted molar refractivity (Wildman–Crippen MR) is 269 cm³/mol. The van der Waals surface area contributed by atoms with Crippen LogP contribution in [0, 0.1) is 0 Å². The Morgan fingerprint density at radius 2 is 1.02 bits per heavy atom. The third-order valence-corrected chi connectivity index (χ3v) is 13.8. The predicted octanol–water partition coefficient (Wildman–Crippen LogP) is 16.9. The van der Waals surface area contributed by atoms with Crippen LogP contribution in [0.3, 0.4) is 0 Å². The molecule has 0 saturated heterocycles. The monoisotopic (exact) mass is 818 g/mol. The highest BCUT2D eigenvalue weighted by atomic mass is 16.3. The van der Waals surface area contributed by atoms with Crippen LogP contribution in [0.5, 0.6) is 0 Å². The molecular formula is C61H42N2O. The van der Waals surface area contributed by atoms with Crippen molar-refractivity contribution in [1.82, 2.24) is 4.57 Å². The maximum Gasteiger partial charge on any atom is 0.159 e. The Balaban J connectivity index is 1.01. The second-order valence-corrected chi connectivity index (χ2v) is 17.7. The maximum atomic E-state index is 6.82. The SMILES string of the molecule is CC1(C)c2cc(-c3ccccc3)ccc2-c2ccc(N(c3ccc(-c4ccc5c(c4)c4ccccc4n5-c4ccccc4)c4ccccc34)c3cccc4c3oc3ccccc34)cc21. The van der Waals surface area contributed by atoms with Gasteiger partial charge in [0, 0.05) is 43.7 Å². The quantitative estimate of drug-likeness (QED) is 0.167. The summed E-state index contributed by atoms with van der Waals surface area (Å²) < 4.78 is 9.20. The van der Waals surface area contributed by atoms with Gasteiger partial charge in [-0.05, 0) is 117 Å². The lowest BCUT2D eigenvalue weighted by Crippen LogP contribution is -2.17. The zero-order valence-electron chi connectivity index (χ0n) is 35.6. The summed E-state index contributed by atoms with van der Waals surface area (Å²) in [6, 6.07) is 79.6. The van der Waals surface area contributed by atoms with Crippen molar-refractivity contribution < 1.29 is 4.42 Å². The molecule has 0 radical (unpaired) electrons. The number of furan rings is 1. The van der Waals surface area contributed by atoms with Gasteiger partial charge in [-0.3, -0.25) is 0 Å². The molecule has 0 aliphatic heterocycles. The van der Waals surface area contributed by atoms with E-state index in [4.69, 9.17) is 4.42 Å². The number of aromatic nitrogens is 1. The van der Waals surface area contributed by atoms with E-state index >= 15 is 0 Å². The molecule has 0 bridgehead atoms. The van der Waals surface area contributed by atoms with Gasteiger partial charge in [0.05, 0.1) is 22.4 Å². The average Bonchev–Trinajstić information content (AvgIpc) is 3.97. The van der Waals surface area contributed by atoms with Crippen molar-refractivity contribution in [1.29, 1.82) is 0 Å². The van der Waals surface area contributed by atoms with E-state index in [0.717, 1.165) is 50.1 Å². The first-order valence-electron chi connectivity index (χ1n) is 22.2. The summed E-state index contributed by atoms with van der Waals surface area (Å²) in [6.07, 6.45) is 0. The minimum Gasteiger partial charge on any atom is -0.454 e. The van der Waals surface area contributed by atoms with Crippen LogP contribution >= 0.6 is 0 Å². The first-order chi connectivity index (χ1) is 31.5. The van der Waals surface area contributed by atoms with Crippen LogP contribution in [0.1, 0.15) is 25.0 Å². The first-order valence-corrected chi connectivity index (χ1v) is 22.2. The molecule has 3 nitrogen and oxygen atoms in total. The summed E-state index contributed by atoms with van der Waals surface area (Å²) in [5.74, 6) is 0. The number of anilines is 3. The molecule has 2 aromatic heterocycles. The maximum absolute atomic E-state index is 6.82. The third kappa shape index (κ3) is 5.41. The fourth-order valence-electron chi connectivity index (χ4n) is 10.7. The lowest BCUT2D eigenvalue weighted by molar-refractivity contribution is 0.660. The van der Waals surface area contributed by atoms with Crippen LogP contribution in [0.15, 0.2) is 223 Å². The highest BCUT2D eigenvalue weighted by molar-refractivity contribution is 6.15. The van der Waals surface area contributed by atoms with Crippen molar-refractivity contribution in [2.24, 2.45) is 0 Å². The van der Waals surface area contributed by atoms with E-state index in [0.29, 0.717) is 0 Å². The van der Waals surface area contributed by atoms with E-state index in [9.17, 15) is 0 Å². The van der Waals surface area contributed by atoms with E-state index in [-0.39, 0.29) is 5.41 Å². The van der Waals surface area contributed by atoms with Crippen LogP contribution in [0.2, 0.25) is 0 Å². The molecule has 0 saturated carbocycles. The summed E-state index contributed by atoms with van der Waals surface area (Å²) >= 11 is 0. The van der Waals surface area contributed by atoms with Gasteiger partial charge in [-0.2, -0.15) is 0 Å². The molecule has 0 N–H and O–H groups in total. The summed E-state index contributed by atoms with van der Waals surface area (Å²) in [4.78, 5) is 2.43. The molecule has 302 valence electrons. The van der Waals surface area contributed by atoms with E-state index in [1.54, 1.807) is 0 Å². The second-order valence-electron chi connectivity index (χ2n) is 17.7. The summed E-state index contributed by atoms with van der Waals surface area (Å²) in [6.45, 7) is 4.75. The van der Waals surface area contributed by atoms with E-state index in [1.165, 1.54) is 71.7 Å². The molecule has 10 aromatic carbocycles. The normalized spacial score (nSPS) is 13.0. The number of fused-ring (bicyclic) bond motifs is 10. The van der Waals surface area contributed by atoms with Crippen molar-refractivity contribution in [2.75, 3.05) is 4.90 Å². The average molecular weight is 819 g/mol. The van der Waals surface area contributed by atoms with Gasteiger partial charge in [0.2, 0.25) is 0 Å². The van der Waals surface area contributed by atoms with Gasteiger partial charge in [0.15, 0.2) is 5.58 Å². The summed E-state index contributed by atoms with van der Waals surface area (Å²) in [5, 5.41) is 7.05. The van der Waals surface area contributed by atoms with Gasteiger partial charge in [0.25, 0.3) is 0 Å². The Morgan fingerprint density at radius 3 is 1.84 bits per heavy atom. The molecule has 0 atom stereocenters. The van der Waals surface area contributed by atoms with Crippen LogP contribution < -0.4 is 4.90 Å². The minimum atomic E-state index is -0.225. The Morgan fingerprint density at radius 1 is 0.391 bits per heavy atom. The molecule has 3 heteroatoms. The summed E-state index contributed by atoms with van der Waals surface area (Å²) in [5.41, 5.74) is 18.4. The van der Waals surface area contributed by atoms with Crippen LogP contribution in [-0.4, -0.2) is 4.57 Å². The highest BCUT2D eigenvalue weighted by Gasteiger charge is 2.37. The van der Waals surface area contributed by atoms with Gasteiger partial charge < -0.3 is 13.9 Å². The Hall–Kier alpha value is -8.14. The minimum absolute atomic E-state index is 0.225. The van der Waals surface area contributed by atoms with E-state index in [2.05, 4.69) is 242 Å².